The number of aryl methyl sites for hydroxylation is 4. The molecule has 20 heavy (non-hydrogen) atoms. The highest BCUT2D eigenvalue weighted by Gasteiger charge is 2.20. The summed E-state index contributed by atoms with van der Waals surface area (Å²) in [6.45, 7) is 5.95. The van der Waals surface area contributed by atoms with E-state index in [4.69, 9.17) is 4.52 Å². The average Bonchev–Trinajstić information content (AvgIpc) is 2.98. The van der Waals surface area contributed by atoms with Crippen molar-refractivity contribution in [1.82, 2.24) is 24.7 Å². The van der Waals surface area contributed by atoms with Crippen LogP contribution >= 0.6 is 0 Å². The van der Waals surface area contributed by atoms with E-state index in [9.17, 15) is 0 Å². The lowest BCUT2D eigenvalue weighted by Gasteiger charge is -1.96. The van der Waals surface area contributed by atoms with Gasteiger partial charge in [0.25, 0.3) is 0 Å². The maximum atomic E-state index is 5.55. The monoisotopic (exact) mass is 271 g/mol. The van der Waals surface area contributed by atoms with Crippen molar-refractivity contribution in [3.8, 4) is 22.6 Å². The van der Waals surface area contributed by atoms with Gasteiger partial charge < -0.3 is 4.52 Å². The van der Waals surface area contributed by atoms with E-state index in [0.29, 0.717) is 0 Å². The van der Waals surface area contributed by atoms with Crippen molar-refractivity contribution >= 4 is 0 Å². The zero-order valence-electron chi connectivity index (χ0n) is 12.3. The van der Waals surface area contributed by atoms with Crippen LogP contribution in [0.1, 0.15) is 17.0 Å². The number of aromatic nitrogens is 5. The molecule has 0 aliphatic rings. The summed E-state index contributed by atoms with van der Waals surface area (Å²) in [6, 6.07) is 0. The maximum absolute atomic E-state index is 5.55. The van der Waals surface area contributed by atoms with Crippen LogP contribution in [0.2, 0.25) is 0 Å². The molecule has 0 fully saturated rings. The predicted molar refractivity (Wildman–Crippen MR) is 75.1 cm³/mol. The van der Waals surface area contributed by atoms with Crippen molar-refractivity contribution in [2.75, 3.05) is 0 Å². The van der Waals surface area contributed by atoms with Crippen LogP contribution in [-0.4, -0.2) is 24.7 Å². The quantitative estimate of drug-likeness (QED) is 0.718. The van der Waals surface area contributed by atoms with Gasteiger partial charge in [-0.2, -0.15) is 10.2 Å². The molecule has 0 spiro atoms. The fourth-order valence-electron chi connectivity index (χ4n) is 2.49. The molecule has 3 rings (SSSR count). The SMILES string of the molecule is Cc1nn(C)cc1-c1noc(-c2cn(C)nc2C)c1C. The summed E-state index contributed by atoms with van der Waals surface area (Å²) in [5.41, 5.74) is 5.71. The second-order valence-corrected chi connectivity index (χ2v) is 5.09. The van der Waals surface area contributed by atoms with Crippen LogP contribution in [0.4, 0.5) is 0 Å². The van der Waals surface area contributed by atoms with Crippen LogP contribution < -0.4 is 0 Å². The number of hydrogen-bond acceptors (Lipinski definition) is 4. The molecule has 0 N–H and O–H groups in total. The summed E-state index contributed by atoms with van der Waals surface area (Å²) >= 11 is 0. The lowest BCUT2D eigenvalue weighted by molar-refractivity contribution is 0.434. The van der Waals surface area contributed by atoms with Crippen molar-refractivity contribution < 1.29 is 4.52 Å². The normalized spacial score (nSPS) is 11.2. The van der Waals surface area contributed by atoms with Gasteiger partial charge in [-0.1, -0.05) is 5.16 Å². The summed E-state index contributed by atoms with van der Waals surface area (Å²) in [6.07, 6.45) is 3.91. The third-order valence-electron chi connectivity index (χ3n) is 3.45. The first-order valence-electron chi connectivity index (χ1n) is 6.45. The van der Waals surface area contributed by atoms with E-state index in [1.54, 1.807) is 9.36 Å². The Morgan fingerprint density at radius 3 is 1.95 bits per heavy atom. The average molecular weight is 271 g/mol. The van der Waals surface area contributed by atoms with Gasteiger partial charge in [0, 0.05) is 37.6 Å². The largest absolute Gasteiger partial charge is 0.355 e. The third kappa shape index (κ3) is 1.84. The fourth-order valence-corrected chi connectivity index (χ4v) is 2.49. The molecule has 3 aromatic heterocycles. The van der Waals surface area contributed by atoms with Gasteiger partial charge in [-0.3, -0.25) is 9.36 Å². The Hall–Kier alpha value is -2.37. The Balaban J connectivity index is 2.14. The molecule has 0 saturated heterocycles. The van der Waals surface area contributed by atoms with Gasteiger partial charge in [-0.05, 0) is 20.8 Å². The van der Waals surface area contributed by atoms with Crippen LogP contribution in [0.15, 0.2) is 16.9 Å². The highest BCUT2D eigenvalue weighted by Crippen LogP contribution is 2.33. The van der Waals surface area contributed by atoms with Gasteiger partial charge in [0.2, 0.25) is 0 Å². The van der Waals surface area contributed by atoms with E-state index < -0.39 is 0 Å². The molecule has 3 aromatic rings. The lowest BCUT2D eigenvalue weighted by atomic mass is 10.1. The Labute approximate surface area is 117 Å². The van der Waals surface area contributed by atoms with Crippen molar-refractivity contribution in [2.24, 2.45) is 14.1 Å². The molecule has 3 heterocycles. The zero-order valence-corrected chi connectivity index (χ0v) is 12.3. The molecule has 0 amide bonds. The van der Waals surface area contributed by atoms with Crippen molar-refractivity contribution in [2.45, 2.75) is 20.8 Å². The highest BCUT2D eigenvalue weighted by atomic mass is 16.5. The highest BCUT2D eigenvalue weighted by molar-refractivity contribution is 5.73. The molecular weight excluding hydrogens is 254 g/mol. The first-order chi connectivity index (χ1) is 9.47. The molecule has 0 aromatic carbocycles. The van der Waals surface area contributed by atoms with Gasteiger partial charge in [0.05, 0.1) is 17.0 Å². The Morgan fingerprint density at radius 2 is 1.45 bits per heavy atom. The molecular formula is C14H17N5O. The van der Waals surface area contributed by atoms with Crippen molar-refractivity contribution in [1.29, 1.82) is 0 Å². The van der Waals surface area contributed by atoms with E-state index in [2.05, 4.69) is 15.4 Å². The van der Waals surface area contributed by atoms with Crippen LogP contribution in [0.25, 0.3) is 22.6 Å². The van der Waals surface area contributed by atoms with E-state index in [-0.39, 0.29) is 0 Å². The minimum absolute atomic E-state index is 0.772. The molecule has 0 unspecified atom stereocenters. The van der Waals surface area contributed by atoms with Crippen LogP contribution in [0, 0.1) is 20.8 Å². The standard InChI is InChI=1S/C14H17N5O/c1-8-13(11-6-18(4)15-9(11)2)17-20-14(8)12-7-19(5)16-10(12)3/h6-7H,1-5H3. The van der Waals surface area contributed by atoms with Gasteiger partial charge in [-0.15, -0.1) is 0 Å². The minimum Gasteiger partial charge on any atom is -0.355 e. The molecule has 104 valence electrons. The Bertz CT molecular complexity index is 714. The topological polar surface area (TPSA) is 61.7 Å². The summed E-state index contributed by atoms with van der Waals surface area (Å²) in [5, 5.41) is 12.9. The first kappa shape index (κ1) is 12.7. The molecule has 0 atom stereocenters. The molecule has 6 heteroatoms. The molecule has 6 nitrogen and oxygen atoms in total. The van der Waals surface area contributed by atoms with Gasteiger partial charge in [-0.25, -0.2) is 0 Å². The van der Waals surface area contributed by atoms with Gasteiger partial charge in [0.1, 0.15) is 5.69 Å². The van der Waals surface area contributed by atoms with Crippen LogP contribution in [0.3, 0.4) is 0 Å². The summed E-state index contributed by atoms with van der Waals surface area (Å²) in [4.78, 5) is 0. The van der Waals surface area contributed by atoms with Crippen LogP contribution in [0.5, 0.6) is 0 Å². The minimum atomic E-state index is 0.772. The Morgan fingerprint density at radius 1 is 0.900 bits per heavy atom. The molecule has 0 aliphatic carbocycles. The summed E-state index contributed by atoms with van der Waals surface area (Å²) < 4.78 is 9.12. The third-order valence-corrected chi connectivity index (χ3v) is 3.45. The van der Waals surface area contributed by atoms with Crippen molar-refractivity contribution in [3.05, 3.63) is 29.3 Å². The van der Waals surface area contributed by atoms with E-state index in [1.807, 2.05) is 47.3 Å². The summed E-state index contributed by atoms with van der Waals surface area (Å²) in [7, 11) is 3.80. The second kappa shape index (κ2) is 4.33. The maximum Gasteiger partial charge on any atom is 0.173 e. The molecule has 0 radical (unpaired) electrons. The molecule has 0 aliphatic heterocycles. The summed E-state index contributed by atoms with van der Waals surface area (Å²) in [5.74, 6) is 0.772. The van der Waals surface area contributed by atoms with Gasteiger partial charge in [0.15, 0.2) is 5.76 Å². The van der Waals surface area contributed by atoms with Gasteiger partial charge >= 0.3 is 0 Å². The van der Waals surface area contributed by atoms with Crippen LogP contribution in [-0.2, 0) is 14.1 Å². The first-order valence-corrected chi connectivity index (χ1v) is 6.45. The molecule has 0 bridgehead atoms. The second-order valence-electron chi connectivity index (χ2n) is 5.09. The fraction of sp³-hybridized carbons (Fsp3) is 0.357. The molecule has 0 saturated carbocycles. The zero-order chi connectivity index (χ0) is 14.4. The number of rotatable bonds is 2. The van der Waals surface area contributed by atoms with E-state index in [0.717, 1.165) is 39.5 Å². The Kier molecular flexibility index (Phi) is 2.74. The predicted octanol–water partition coefficient (Wildman–Crippen LogP) is 2.40. The number of nitrogens with zero attached hydrogens (tertiary/aromatic N) is 5. The van der Waals surface area contributed by atoms with E-state index in [1.165, 1.54) is 0 Å². The number of hydrogen-bond donors (Lipinski definition) is 0. The lowest BCUT2D eigenvalue weighted by Crippen LogP contribution is -1.86. The van der Waals surface area contributed by atoms with E-state index >= 15 is 0 Å². The van der Waals surface area contributed by atoms with Crippen molar-refractivity contribution in [3.63, 3.8) is 0 Å². The smallest absolute Gasteiger partial charge is 0.173 e.